The Kier molecular flexibility index (Phi) is 7.86. The van der Waals surface area contributed by atoms with Gasteiger partial charge in [-0.25, -0.2) is 0 Å². The van der Waals surface area contributed by atoms with Crippen molar-refractivity contribution >= 4 is 18.3 Å². The van der Waals surface area contributed by atoms with Crippen molar-refractivity contribution in [2.45, 2.75) is 38.6 Å². The van der Waals surface area contributed by atoms with Crippen molar-refractivity contribution in [3.63, 3.8) is 0 Å². The van der Waals surface area contributed by atoms with Crippen molar-refractivity contribution in [2.75, 3.05) is 20.7 Å². The Morgan fingerprint density at radius 3 is 2.74 bits per heavy atom. The molecule has 1 aliphatic rings. The molecule has 1 aliphatic carbocycles. The number of carbonyl (C=O) groups is 1. The molecule has 1 aromatic rings. The summed E-state index contributed by atoms with van der Waals surface area (Å²) in [6, 6.07) is 8.14. The third-order valence-corrected chi connectivity index (χ3v) is 5.00. The predicted molar refractivity (Wildman–Crippen MR) is 96.1 cm³/mol. The molecule has 0 saturated heterocycles. The van der Waals surface area contributed by atoms with Crippen molar-refractivity contribution in [1.82, 2.24) is 4.90 Å². The SMILES string of the molecule is COc1ccccc1CC(C)N(C)C(=O)[C@@H]1CCC[C@@H]1CN.Cl. The summed E-state index contributed by atoms with van der Waals surface area (Å²) in [6.45, 7) is 2.71. The molecule has 0 heterocycles. The summed E-state index contributed by atoms with van der Waals surface area (Å²) in [5.74, 6) is 1.59. The van der Waals surface area contributed by atoms with Crippen LogP contribution in [0.2, 0.25) is 0 Å². The molecule has 4 nitrogen and oxygen atoms in total. The van der Waals surface area contributed by atoms with Crippen molar-refractivity contribution in [1.29, 1.82) is 0 Å². The maximum absolute atomic E-state index is 12.7. The van der Waals surface area contributed by atoms with Gasteiger partial charge in [-0.15, -0.1) is 12.4 Å². The molecule has 5 heteroatoms. The molecule has 0 radical (unpaired) electrons. The van der Waals surface area contributed by atoms with Crippen LogP contribution in [-0.2, 0) is 11.2 Å². The highest BCUT2D eigenvalue weighted by molar-refractivity contribution is 5.85. The molecule has 2 N–H and O–H groups in total. The molecule has 3 atom stereocenters. The van der Waals surface area contributed by atoms with E-state index >= 15 is 0 Å². The number of ether oxygens (including phenoxy) is 1. The highest BCUT2D eigenvalue weighted by atomic mass is 35.5. The maximum Gasteiger partial charge on any atom is 0.226 e. The zero-order chi connectivity index (χ0) is 16.1. The molecule has 0 aromatic heterocycles. The van der Waals surface area contributed by atoms with E-state index in [0.29, 0.717) is 12.5 Å². The molecule has 1 amide bonds. The second-order valence-corrected chi connectivity index (χ2v) is 6.35. The van der Waals surface area contributed by atoms with Gasteiger partial charge >= 0.3 is 0 Å². The minimum Gasteiger partial charge on any atom is -0.496 e. The number of hydrogen-bond acceptors (Lipinski definition) is 3. The second kappa shape index (κ2) is 9.14. The number of halogens is 1. The van der Waals surface area contributed by atoms with E-state index in [1.807, 2.05) is 30.1 Å². The number of nitrogens with zero attached hydrogens (tertiary/aromatic N) is 1. The standard InChI is InChI=1S/C18H28N2O2.ClH/c1-13(11-14-7-4-5-10-17(14)22-3)20(2)18(21)16-9-6-8-15(16)12-19;/h4-5,7,10,13,15-16H,6,8-9,11-12,19H2,1-3H3;1H/t13?,15-,16-;/m1./s1. The minimum atomic E-state index is 0. The van der Waals surface area contributed by atoms with Crippen LogP contribution in [0.3, 0.4) is 0 Å². The topological polar surface area (TPSA) is 55.6 Å². The first kappa shape index (κ1) is 19.8. The quantitative estimate of drug-likeness (QED) is 0.866. The van der Waals surface area contributed by atoms with Crippen LogP contribution < -0.4 is 10.5 Å². The molecular weight excluding hydrogens is 312 g/mol. The number of nitrogens with two attached hydrogens (primary N) is 1. The normalized spacial score (nSPS) is 21.4. The number of benzene rings is 1. The fourth-order valence-corrected chi connectivity index (χ4v) is 3.45. The van der Waals surface area contributed by atoms with Gasteiger partial charge in [-0.2, -0.15) is 0 Å². The molecule has 1 saturated carbocycles. The van der Waals surface area contributed by atoms with Gasteiger partial charge in [0.25, 0.3) is 0 Å². The molecule has 23 heavy (non-hydrogen) atoms. The van der Waals surface area contributed by atoms with E-state index in [4.69, 9.17) is 10.5 Å². The predicted octanol–water partition coefficient (Wildman–Crippen LogP) is 2.88. The lowest BCUT2D eigenvalue weighted by atomic mass is 9.94. The van der Waals surface area contributed by atoms with Crippen LogP contribution in [0.15, 0.2) is 24.3 Å². The van der Waals surface area contributed by atoms with E-state index in [9.17, 15) is 4.79 Å². The van der Waals surface area contributed by atoms with Crippen molar-refractivity contribution in [3.05, 3.63) is 29.8 Å². The summed E-state index contributed by atoms with van der Waals surface area (Å²) in [5, 5.41) is 0. The van der Waals surface area contributed by atoms with E-state index in [2.05, 4.69) is 13.0 Å². The molecule has 130 valence electrons. The lowest BCUT2D eigenvalue weighted by Crippen LogP contribution is -2.42. The Morgan fingerprint density at radius 2 is 2.09 bits per heavy atom. The number of carbonyl (C=O) groups excluding carboxylic acids is 1. The second-order valence-electron chi connectivity index (χ2n) is 6.35. The van der Waals surface area contributed by atoms with E-state index in [1.54, 1.807) is 7.11 Å². The van der Waals surface area contributed by atoms with Crippen LogP contribution >= 0.6 is 12.4 Å². The average molecular weight is 341 g/mol. The smallest absolute Gasteiger partial charge is 0.226 e. The van der Waals surface area contributed by atoms with Crippen LogP contribution in [0.25, 0.3) is 0 Å². The van der Waals surface area contributed by atoms with Gasteiger partial charge in [0.2, 0.25) is 5.91 Å². The van der Waals surface area contributed by atoms with Gasteiger partial charge in [0.1, 0.15) is 5.75 Å². The summed E-state index contributed by atoms with van der Waals surface area (Å²) in [5.41, 5.74) is 6.95. The Morgan fingerprint density at radius 1 is 1.39 bits per heavy atom. The first-order valence-electron chi connectivity index (χ1n) is 8.17. The summed E-state index contributed by atoms with van der Waals surface area (Å²) in [6.07, 6.45) is 3.98. The van der Waals surface area contributed by atoms with Crippen LogP contribution in [-0.4, -0.2) is 37.6 Å². The van der Waals surface area contributed by atoms with Gasteiger partial charge in [0, 0.05) is 19.0 Å². The Labute approximate surface area is 145 Å². The molecular formula is C18H29ClN2O2. The van der Waals surface area contributed by atoms with Crippen LogP contribution in [0, 0.1) is 11.8 Å². The van der Waals surface area contributed by atoms with Crippen molar-refractivity contribution < 1.29 is 9.53 Å². The van der Waals surface area contributed by atoms with Crippen molar-refractivity contribution in [3.8, 4) is 5.75 Å². The Bertz CT molecular complexity index is 510. The molecule has 0 spiro atoms. The van der Waals surface area contributed by atoms with E-state index in [-0.39, 0.29) is 30.3 Å². The van der Waals surface area contributed by atoms with Gasteiger partial charge in [0.15, 0.2) is 0 Å². The highest BCUT2D eigenvalue weighted by Crippen LogP contribution is 2.33. The molecule has 1 unspecified atom stereocenters. The number of para-hydroxylation sites is 1. The van der Waals surface area contributed by atoms with Crippen LogP contribution in [0.1, 0.15) is 31.7 Å². The van der Waals surface area contributed by atoms with Gasteiger partial charge in [0.05, 0.1) is 7.11 Å². The summed E-state index contributed by atoms with van der Waals surface area (Å²) in [4.78, 5) is 14.6. The van der Waals surface area contributed by atoms with Gasteiger partial charge < -0.3 is 15.4 Å². The van der Waals surface area contributed by atoms with Crippen LogP contribution in [0.5, 0.6) is 5.75 Å². The average Bonchev–Trinajstić information content (AvgIpc) is 3.02. The third-order valence-electron chi connectivity index (χ3n) is 5.00. The summed E-state index contributed by atoms with van der Waals surface area (Å²) < 4.78 is 5.40. The lowest BCUT2D eigenvalue weighted by molar-refractivity contribution is -0.137. The Hall–Kier alpha value is -1.26. The zero-order valence-corrected chi connectivity index (χ0v) is 15.1. The fraction of sp³-hybridized carbons (Fsp3) is 0.611. The van der Waals surface area contributed by atoms with Gasteiger partial charge in [-0.3, -0.25) is 4.79 Å². The number of likely N-dealkylation sites (N-methyl/N-ethyl adjacent to an activating group) is 1. The first-order valence-corrected chi connectivity index (χ1v) is 8.17. The molecule has 0 aliphatic heterocycles. The summed E-state index contributed by atoms with van der Waals surface area (Å²) >= 11 is 0. The minimum absolute atomic E-state index is 0. The zero-order valence-electron chi connectivity index (χ0n) is 14.3. The molecule has 1 fully saturated rings. The first-order chi connectivity index (χ1) is 10.6. The molecule has 2 rings (SSSR count). The number of amides is 1. The van der Waals surface area contributed by atoms with E-state index in [0.717, 1.165) is 37.0 Å². The number of rotatable bonds is 6. The van der Waals surface area contributed by atoms with E-state index in [1.165, 1.54) is 0 Å². The Balaban J connectivity index is 0.00000264. The van der Waals surface area contributed by atoms with Crippen molar-refractivity contribution in [2.24, 2.45) is 17.6 Å². The fourth-order valence-electron chi connectivity index (χ4n) is 3.45. The molecule has 0 bridgehead atoms. The monoisotopic (exact) mass is 340 g/mol. The van der Waals surface area contributed by atoms with Gasteiger partial charge in [-0.05, 0) is 50.3 Å². The molecule has 1 aromatic carbocycles. The van der Waals surface area contributed by atoms with Gasteiger partial charge in [-0.1, -0.05) is 24.6 Å². The van der Waals surface area contributed by atoms with E-state index < -0.39 is 0 Å². The number of methoxy groups -OCH3 is 1. The highest BCUT2D eigenvalue weighted by Gasteiger charge is 2.34. The number of hydrogen-bond donors (Lipinski definition) is 1. The third kappa shape index (κ3) is 4.61. The largest absolute Gasteiger partial charge is 0.496 e. The summed E-state index contributed by atoms with van der Waals surface area (Å²) in [7, 11) is 3.59. The van der Waals surface area contributed by atoms with Crippen LogP contribution in [0.4, 0.5) is 0 Å². The maximum atomic E-state index is 12.7. The lowest BCUT2D eigenvalue weighted by Gasteiger charge is -2.30.